The number of pyridine rings is 1. The van der Waals surface area contributed by atoms with Crippen LogP contribution in [0.4, 0.5) is 0 Å². The summed E-state index contributed by atoms with van der Waals surface area (Å²) in [4.78, 5) is 14.8. The molecular weight excluding hydrogens is 154 g/mol. The fraction of sp³-hybridized carbons (Fsp3) is 0.333. The third kappa shape index (κ3) is 1.89. The molecule has 0 aliphatic carbocycles. The summed E-state index contributed by atoms with van der Waals surface area (Å²) in [6.07, 6.45) is 2.43. The van der Waals surface area contributed by atoms with Crippen LogP contribution in [0.2, 0.25) is 0 Å². The highest BCUT2D eigenvalue weighted by molar-refractivity contribution is 5.83. The van der Waals surface area contributed by atoms with E-state index in [-0.39, 0.29) is 5.78 Å². The molecular formula is C9H11NO2. The van der Waals surface area contributed by atoms with Crippen LogP contribution in [0.15, 0.2) is 24.5 Å². The maximum Gasteiger partial charge on any atom is 0.165 e. The van der Waals surface area contributed by atoms with E-state index in [1.165, 1.54) is 6.20 Å². The lowest BCUT2D eigenvalue weighted by Gasteiger charge is -2.06. The van der Waals surface area contributed by atoms with Gasteiger partial charge in [-0.15, -0.1) is 0 Å². The summed E-state index contributed by atoms with van der Waals surface area (Å²) in [7, 11) is 0. The summed E-state index contributed by atoms with van der Waals surface area (Å²) in [6, 6.07) is 3.38. The summed E-state index contributed by atoms with van der Waals surface area (Å²) in [6.45, 7) is 1.72. The minimum absolute atomic E-state index is 0.178. The van der Waals surface area contributed by atoms with E-state index in [9.17, 15) is 9.90 Å². The molecule has 0 amide bonds. The second-order valence-corrected chi connectivity index (χ2v) is 2.51. The number of carbonyl (C=O) groups excluding carboxylic acids is 1. The van der Waals surface area contributed by atoms with E-state index in [0.717, 1.165) is 0 Å². The highest BCUT2D eigenvalue weighted by Gasteiger charge is 2.14. The molecule has 0 saturated heterocycles. The van der Waals surface area contributed by atoms with Gasteiger partial charge in [0.15, 0.2) is 5.78 Å². The molecule has 0 bridgehead atoms. The Kier molecular flexibility index (Phi) is 2.94. The average molecular weight is 165 g/mol. The van der Waals surface area contributed by atoms with Gasteiger partial charge in [0, 0.05) is 24.4 Å². The van der Waals surface area contributed by atoms with Gasteiger partial charge in [0.25, 0.3) is 0 Å². The second-order valence-electron chi connectivity index (χ2n) is 2.51. The number of Topliss-reactive ketones (excluding diaryl/α,β-unsaturated/α-hetero) is 1. The minimum Gasteiger partial charge on any atom is -0.380 e. The number of ketones is 1. The van der Waals surface area contributed by atoms with Gasteiger partial charge in [0.05, 0.1) is 0 Å². The van der Waals surface area contributed by atoms with Crippen molar-refractivity contribution in [2.75, 3.05) is 0 Å². The Hall–Kier alpha value is -1.22. The second kappa shape index (κ2) is 3.97. The van der Waals surface area contributed by atoms with E-state index < -0.39 is 6.10 Å². The van der Waals surface area contributed by atoms with Crippen molar-refractivity contribution in [2.45, 2.75) is 19.4 Å². The van der Waals surface area contributed by atoms with Crippen LogP contribution >= 0.6 is 0 Å². The molecule has 3 heteroatoms. The summed E-state index contributed by atoms with van der Waals surface area (Å²) >= 11 is 0. The van der Waals surface area contributed by atoms with Gasteiger partial charge >= 0.3 is 0 Å². The molecule has 0 fully saturated rings. The van der Waals surface area contributed by atoms with Gasteiger partial charge < -0.3 is 5.11 Å². The molecule has 1 atom stereocenters. The Morgan fingerprint density at radius 1 is 1.75 bits per heavy atom. The van der Waals surface area contributed by atoms with E-state index in [1.54, 1.807) is 25.3 Å². The minimum atomic E-state index is -1.01. The van der Waals surface area contributed by atoms with Crippen LogP contribution in [0.1, 0.15) is 25.0 Å². The van der Waals surface area contributed by atoms with Crippen molar-refractivity contribution in [1.82, 2.24) is 4.98 Å². The normalized spacial score (nSPS) is 12.5. The van der Waals surface area contributed by atoms with Gasteiger partial charge in [0.1, 0.15) is 6.10 Å². The third-order valence-electron chi connectivity index (χ3n) is 1.65. The first-order valence-corrected chi connectivity index (χ1v) is 3.86. The molecule has 64 valence electrons. The third-order valence-corrected chi connectivity index (χ3v) is 1.65. The summed E-state index contributed by atoms with van der Waals surface area (Å²) in [5, 5.41) is 9.40. The molecule has 1 aromatic rings. The van der Waals surface area contributed by atoms with Gasteiger partial charge in [-0.3, -0.25) is 9.78 Å². The highest BCUT2D eigenvalue weighted by Crippen LogP contribution is 2.12. The van der Waals surface area contributed by atoms with Gasteiger partial charge in [-0.05, 0) is 6.07 Å². The molecule has 1 heterocycles. The Balaban J connectivity index is 2.78. The van der Waals surface area contributed by atoms with Crippen LogP contribution in [0, 0.1) is 0 Å². The number of aliphatic hydroxyl groups is 1. The fourth-order valence-electron chi connectivity index (χ4n) is 0.917. The van der Waals surface area contributed by atoms with Crippen LogP contribution in [-0.2, 0) is 4.79 Å². The molecule has 0 aliphatic rings. The van der Waals surface area contributed by atoms with Gasteiger partial charge in [0.2, 0.25) is 0 Å². The molecule has 0 aliphatic heterocycles. The number of aliphatic hydroxyl groups excluding tert-OH is 1. The molecule has 12 heavy (non-hydrogen) atoms. The Morgan fingerprint density at radius 3 is 3.00 bits per heavy atom. The molecule has 3 nitrogen and oxygen atoms in total. The SMILES string of the molecule is CCC(=O)C(O)c1cccnc1. The molecule has 1 rings (SSSR count). The smallest absolute Gasteiger partial charge is 0.165 e. The fourth-order valence-corrected chi connectivity index (χ4v) is 0.917. The number of hydrogen-bond donors (Lipinski definition) is 1. The van der Waals surface area contributed by atoms with Crippen molar-refractivity contribution in [3.05, 3.63) is 30.1 Å². The Labute approximate surface area is 71.1 Å². The molecule has 0 saturated carbocycles. The number of carbonyl (C=O) groups is 1. The first kappa shape index (κ1) is 8.87. The number of hydrogen-bond acceptors (Lipinski definition) is 3. The quantitative estimate of drug-likeness (QED) is 0.729. The van der Waals surface area contributed by atoms with Crippen LogP contribution < -0.4 is 0 Å². The zero-order chi connectivity index (χ0) is 8.97. The molecule has 0 aromatic carbocycles. The topological polar surface area (TPSA) is 50.2 Å². The van der Waals surface area contributed by atoms with Crippen molar-refractivity contribution < 1.29 is 9.90 Å². The lowest BCUT2D eigenvalue weighted by atomic mass is 10.1. The van der Waals surface area contributed by atoms with Crippen molar-refractivity contribution in [1.29, 1.82) is 0 Å². The molecule has 1 unspecified atom stereocenters. The largest absolute Gasteiger partial charge is 0.380 e. The van der Waals surface area contributed by atoms with Gasteiger partial charge in [-0.2, -0.15) is 0 Å². The van der Waals surface area contributed by atoms with Crippen LogP contribution in [-0.4, -0.2) is 15.9 Å². The van der Waals surface area contributed by atoms with Gasteiger partial charge in [-0.25, -0.2) is 0 Å². The summed E-state index contributed by atoms with van der Waals surface area (Å²) < 4.78 is 0. The van der Waals surface area contributed by atoms with Crippen molar-refractivity contribution >= 4 is 5.78 Å². The summed E-state index contributed by atoms with van der Waals surface area (Å²) in [5.74, 6) is -0.178. The summed E-state index contributed by atoms with van der Waals surface area (Å²) in [5.41, 5.74) is 0.560. The van der Waals surface area contributed by atoms with E-state index >= 15 is 0 Å². The zero-order valence-corrected chi connectivity index (χ0v) is 6.90. The predicted molar refractivity (Wildman–Crippen MR) is 44.5 cm³/mol. The average Bonchev–Trinajstić information content (AvgIpc) is 2.17. The van der Waals surface area contributed by atoms with Crippen LogP contribution in [0.5, 0.6) is 0 Å². The maximum atomic E-state index is 11.0. The van der Waals surface area contributed by atoms with Crippen LogP contribution in [0.3, 0.4) is 0 Å². The van der Waals surface area contributed by atoms with Crippen molar-refractivity contribution in [3.8, 4) is 0 Å². The first-order chi connectivity index (χ1) is 5.75. The van der Waals surface area contributed by atoms with Crippen molar-refractivity contribution in [2.24, 2.45) is 0 Å². The van der Waals surface area contributed by atoms with Crippen molar-refractivity contribution in [3.63, 3.8) is 0 Å². The highest BCUT2D eigenvalue weighted by atomic mass is 16.3. The maximum absolute atomic E-state index is 11.0. The lowest BCUT2D eigenvalue weighted by molar-refractivity contribution is -0.127. The number of nitrogens with zero attached hydrogens (tertiary/aromatic N) is 1. The number of aromatic nitrogens is 1. The van der Waals surface area contributed by atoms with E-state index in [4.69, 9.17) is 0 Å². The van der Waals surface area contributed by atoms with Crippen LogP contribution in [0.25, 0.3) is 0 Å². The Bertz CT molecular complexity index is 258. The lowest BCUT2D eigenvalue weighted by Crippen LogP contribution is -2.10. The predicted octanol–water partition coefficient (Wildman–Crippen LogP) is 1.09. The first-order valence-electron chi connectivity index (χ1n) is 3.86. The van der Waals surface area contributed by atoms with E-state index in [0.29, 0.717) is 12.0 Å². The molecule has 1 N–H and O–H groups in total. The van der Waals surface area contributed by atoms with Gasteiger partial charge in [-0.1, -0.05) is 13.0 Å². The van der Waals surface area contributed by atoms with E-state index in [1.807, 2.05) is 0 Å². The molecule has 0 spiro atoms. The molecule has 1 aromatic heterocycles. The molecule has 0 radical (unpaired) electrons. The Morgan fingerprint density at radius 2 is 2.50 bits per heavy atom. The number of rotatable bonds is 3. The zero-order valence-electron chi connectivity index (χ0n) is 6.90. The monoisotopic (exact) mass is 165 g/mol. The van der Waals surface area contributed by atoms with E-state index in [2.05, 4.69) is 4.98 Å². The standard InChI is InChI=1S/C9H11NO2/c1-2-8(11)9(12)7-4-3-5-10-6-7/h3-6,9,12H,2H2,1H3.